The third kappa shape index (κ3) is 15.2. The first-order valence-corrected chi connectivity index (χ1v) is 27.1. The Hall–Kier alpha value is -9.02. The second kappa shape index (κ2) is 25.8. The lowest BCUT2D eigenvalue weighted by molar-refractivity contribution is -0.130. The van der Waals surface area contributed by atoms with Gasteiger partial charge in [-0.15, -0.1) is 10.2 Å². The number of fused-ring (bicyclic) bond motifs is 2. The molecule has 422 valence electrons. The largest absolute Gasteiger partial charge is 0.390 e. The van der Waals surface area contributed by atoms with E-state index in [4.69, 9.17) is 13.7 Å². The number of halogens is 3. The number of aromatic nitrogens is 10. The van der Waals surface area contributed by atoms with Crippen molar-refractivity contribution in [1.29, 1.82) is 0 Å². The van der Waals surface area contributed by atoms with Crippen molar-refractivity contribution in [1.82, 2.24) is 60.6 Å². The molecule has 0 atom stereocenters. The molecule has 4 amide bonds. The summed E-state index contributed by atoms with van der Waals surface area (Å²) in [6, 6.07) is 21.7. The van der Waals surface area contributed by atoms with E-state index in [-0.39, 0.29) is 35.4 Å². The lowest BCUT2D eigenvalue weighted by Gasteiger charge is -2.22. The van der Waals surface area contributed by atoms with Crippen LogP contribution in [0.1, 0.15) is 84.9 Å². The molecule has 2 fully saturated rings. The SMILES string of the molecule is O=C(NCC1CCOCC1)c1[nH]c(=O)cnc1NC(=O)c1ccc(Cn2ccnn2)c2ccccc12.O=C(NCC1CCOCC1)c1nc(OS(=O)(=O)CCC(F)(F)F)cnc1NC(=O)c1ccc(Cn2ccnn2)c2ccccc12. The van der Waals surface area contributed by atoms with E-state index in [1.54, 1.807) is 64.5 Å². The highest BCUT2D eigenvalue weighted by Crippen LogP contribution is 2.28. The monoisotopic (exact) mass is 1130 g/mol. The van der Waals surface area contributed by atoms with E-state index in [1.165, 1.54) is 0 Å². The number of nitrogens with zero attached hydrogens (tertiary/aromatic N) is 9. The van der Waals surface area contributed by atoms with Gasteiger partial charge in [0.1, 0.15) is 0 Å². The second-order valence-electron chi connectivity index (χ2n) is 18.9. The summed E-state index contributed by atoms with van der Waals surface area (Å²) in [6.45, 7) is 3.99. The average molecular weight is 1140 g/mol. The second-order valence-corrected chi connectivity index (χ2v) is 20.6. The van der Waals surface area contributed by atoms with Crippen LogP contribution < -0.4 is 31.0 Å². The van der Waals surface area contributed by atoms with E-state index in [2.05, 4.69) is 61.8 Å². The van der Waals surface area contributed by atoms with Gasteiger partial charge in [-0.2, -0.15) is 21.6 Å². The molecule has 0 aliphatic carbocycles. The zero-order valence-electron chi connectivity index (χ0n) is 43.1. The average Bonchev–Trinajstić information content (AvgIpc) is 4.25. The van der Waals surface area contributed by atoms with E-state index in [0.717, 1.165) is 52.5 Å². The molecule has 0 spiro atoms. The van der Waals surface area contributed by atoms with Gasteiger partial charge in [-0.3, -0.25) is 24.0 Å². The summed E-state index contributed by atoms with van der Waals surface area (Å²) in [5.74, 6) is -4.39. The number of H-pyrrole nitrogens is 1. The Balaban J connectivity index is 0.000000200. The van der Waals surface area contributed by atoms with Crippen molar-refractivity contribution in [2.45, 2.75) is 51.4 Å². The number of amides is 4. The van der Waals surface area contributed by atoms with Gasteiger partial charge in [0.2, 0.25) is 0 Å². The zero-order chi connectivity index (χ0) is 56.9. The molecular formula is C53H53F3N14O10S. The lowest BCUT2D eigenvalue weighted by atomic mass is 9.99. The number of carbonyl (C=O) groups excluding carboxylic acids is 4. The van der Waals surface area contributed by atoms with E-state index in [0.29, 0.717) is 75.8 Å². The summed E-state index contributed by atoms with van der Waals surface area (Å²) in [4.78, 5) is 79.3. The Morgan fingerprint density at radius 3 is 1.65 bits per heavy atom. The molecule has 8 aromatic rings. The van der Waals surface area contributed by atoms with E-state index >= 15 is 0 Å². The van der Waals surface area contributed by atoms with Crippen LogP contribution in [0.25, 0.3) is 21.5 Å². The van der Waals surface area contributed by atoms with Crippen LogP contribution in [0, 0.1) is 11.8 Å². The molecule has 5 N–H and O–H groups in total. The highest BCUT2D eigenvalue weighted by atomic mass is 32.2. The molecule has 0 saturated carbocycles. The predicted molar refractivity (Wildman–Crippen MR) is 286 cm³/mol. The normalized spacial score (nSPS) is 14.2. The third-order valence-corrected chi connectivity index (χ3v) is 14.3. The molecule has 4 aromatic carbocycles. The van der Waals surface area contributed by atoms with E-state index in [9.17, 15) is 45.6 Å². The molecule has 4 aromatic heterocycles. The first-order valence-electron chi connectivity index (χ1n) is 25.5. The number of aromatic amines is 1. The number of nitrogens with one attached hydrogen (secondary N) is 5. The van der Waals surface area contributed by atoms with Crippen LogP contribution in [0.2, 0.25) is 0 Å². The number of ether oxygens (including phenoxy) is 2. The van der Waals surface area contributed by atoms with Gasteiger partial charge in [-0.1, -0.05) is 71.1 Å². The predicted octanol–water partition coefficient (Wildman–Crippen LogP) is 5.31. The standard InChI is InChI=1S/C28H28F3N7O6S.C25H25N7O4/c29-28(30,31)9-14-45(41,42)44-23-16-32-25(24(35-23)27(40)33-15-18-7-12-43-13-8-18)36-26(39)22-6-5-19(17-38-11-10-34-37-38)20-3-1-2-4-21(20)22;33-21-14-26-23(22(29-21)25(35)27-13-16-7-11-36-12-8-16)30-24(34)20-6-5-17(15-32-10-9-28-31-32)18-3-1-2-4-19(18)20/h1-6,10-11,16,18H,7-9,12-15,17H2,(H,33,40)(H,32,36,39);1-6,9-10,14,16H,7-8,11-13,15H2,(H,27,35)(H,29,33)(H,26,30,34). The Morgan fingerprint density at radius 1 is 0.654 bits per heavy atom. The molecule has 0 bridgehead atoms. The number of alkyl halides is 3. The molecule has 0 unspecified atom stereocenters. The van der Waals surface area contributed by atoms with Crippen LogP contribution >= 0.6 is 0 Å². The molecule has 6 heterocycles. The van der Waals surface area contributed by atoms with Crippen molar-refractivity contribution in [3.63, 3.8) is 0 Å². The number of anilines is 2. The third-order valence-electron chi connectivity index (χ3n) is 13.2. The van der Waals surface area contributed by atoms with Crippen LogP contribution in [-0.2, 0) is 32.7 Å². The first-order chi connectivity index (χ1) is 39.1. The van der Waals surface area contributed by atoms with Crippen molar-refractivity contribution >= 4 is 66.9 Å². The smallest absolute Gasteiger partial charge is 0.381 e. The van der Waals surface area contributed by atoms with E-state index in [1.807, 2.05) is 42.5 Å². The minimum atomic E-state index is -4.73. The maximum atomic E-state index is 13.5. The number of hydrogen-bond acceptors (Lipinski definition) is 17. The molecule has 2 aliphatic rings. The summed E-state index contributed by atoms with van der Waals surface area (Å²) < 4.78 is 80.9. The summed E-state index contributed by atoms with van der Waals surface area (Å²) in [7, 11) is -4.73. The molecular weight excluding hydrogens is 1080 g/mol. The quantitative estimate of drug-likeness (QED) is 0.0680. The molecule has 2 saturated heterocycles. The zero-order valence-corrected chi connectivity index (χ0v) is 43.9. The van der Waals surface area contributed by atoms with Crippen LogP contribution in [0.4, 0.5) is 24.8 Å². The Morgan fingerprint density at radius 2 is 1.15 bits per heavy atom. The minimum Gasteiger partial charge on any atom is -0.381 e. The Bertz CT molecular complexity index is 3710. The highest BCUT2D eigenvalue weighted by Gasteiger charge is 2.32. The van der Waals surface area contributed by atoms with Gasteiger partial charge in [0.05, 0.1) is 50.1 Å². The van der Waals surface area contributed by atoms with Crippen molar-refractivity contribution in [2.75, 3.05) is 55.9 Å². The number of hydrogen-bond donors (Lipinski definition) is 5. The first kappa shape index (κ1) is 56.7. The van der Waals surface area contributed by atoms with Gasteiger partial charge in [-0.05, 0) is 82.3 Å². The maximum Gasteiger partial charge on any atom is 0.390 e. The van der Waals surface area contributed by atoms with Gasteiger partial charge in [0, 0.05) is 63.0 Å². The van der Waals surface area contributed by atoms with E-state index < -0.39 is 69.2 Å². The van der Waals surface area contributed by atoms with Crippen LogP contribution in [0.15, 0.2) is 115 Å². The number of benzene rings is 4. The van der Waals surface area contributed by atoms with Crippen molar-refractivity contribution < 1.29 is 54.4 Å². The lowest BCUT2D eigenvalue weighted by Crippen LogP contribution is -2.34. The molecule has 10 rings (SSSR count). The van der Waals surface area contributed by atoms with Gasteiger partial charge in [-0.25, -0.2) is 24.3 Å². The summed E-state index contributed by atoms with van der Waals surface area (Å²) in [6.07, 6.45) is 5.22. The summed E-state index contributed by atoms with van der Waals surface area (Å²) in [5.41, 5.74) is 1.40. The fraction of sp³-hybridized carbons (Fsp3) is 0.321. The maximum absolute atomic E-state index is 13.5. The molecule has 81 heavy (non-hydrogen) atoms. The number of carbonyl (C=O) groups is 4. The van der Waals surface area contributed by atoms with Gasteiger partial charge >= 0.3 is 16.3 Å². The van der Waals surface area contributed by atoms with Crippen LogP contribution in [0.3, 0.4) is 0 Å². The van der Waals surface area contributed by atoms with Gasteiger partial charge < -0.3 is 39.9 Å². The van der Waals surface area contributed by atoms with Crippen molar-refractivity contribution in [2.24, 2.45) is 11.8 Å². The summed E-state index contributed by atoms with van der Waals surface area (Å²) in [5, 5.41) is 29.4. The Labute approximate surface area is 459 Å². The molecule has 0 radical (unpaired) electrons. The van der Waals surface area contributed by atoms with Crippen molar-refractivity contribution in [3.8, 4) is 5.88 Å². The highest BCUT2D eigenvalue weighted by molar-refractivity contribution is 7.87. The van der Waals surface area contributed by atoms with Crippen LogP contribution in [-0.4, -0.2) is 133 Å². The topological polar surface area (TPSA) is 311 Å². The number of rotatable bonds is 18. The fourth-order valence-corrected chi connectivity index (χ4v) is 9.92. The minimum absolute atomic E-state index is 0.0140. The summed E-state index contributed by atoms with van der Waals surface area (Å²) >= 11 is 0. The molecule has 24 nitrogen and oxygen atoms in total. The molecule has 2 aliphatic heterocycles. The molecule has 28 heteroatoms. The van der Waals surface area contributed by atoms with Crippen molar-refractivity contribution in [3.05, 3.63) is 154 Å². The van der Waals surface area contributed by atoms with Gasteiger partial charge in [0.15, 0.2) is 23.0 Å². The van der Waals surface area contributed by atoms with Gasteiger partial charge in [0.25, 0.3) is 35.1 Å². The fourth-order valence-electron chi connectivity index (χ4n) is 9.01. The van der Waals surface area contributed by atoms with Crippen LogP contribution in [0.5, 0.6) is 5.88 Å². The Kier molecular flexibility index (Phi) is 18.1.